The predicted molar refractivity (Wildman–Crippen MR) is 159 cm³/mol. The molecule has 0 saturated carbocycles. The molecule has 3 aromatic carbocycles. The van der Waals surface area contributed by atoms with Gasteiger partial charge in [0.2, 0.25) is 0 Å². The lowest BCUT2D eigenvalue weighted by molar-refractivity contribution is -0.138. The molecule has 0 amide bonds. The third kappa shape index (κ3) is 8.16. The molecule has 12 heteroatoms. The Morgan fingerprint density at radius 2 is 1.81 bits per heavy atom. The quantitative estimate of drug-likeness (QED) is 0.219. The maximum Gasteiger partial charge on any atom is 0.416 e. The van der Waals surface area contributed by atoms with Crippen molar-refractivity contribution in [3.05, 3.63) is 118 Å². The maximum atomic E-state index is 13.7. The van der Waals surface area contributed by atoms with Crippen molar-refractivity contribution in [2.24, 2.45) is 5.73 Å². The van der Waals surface area contributed by atoms with Crippen molar-refractivity contribution in [2.75, 3.05) is 11.9 Å². The highest BCUT2D eigenvalue weighted by atomic mass is 35.5. The number of nitrogens with one attached hydrogen (secondary N) is 1. The van der Waals surface area contributed by atoms with E-state index in [0.29, 0.717) is 28.5 Å². The van der Waals surface area contributed by atoms with E-state index in [2.05, 4.69) is 16.4 Å². The Balaban J connectivity index is 1.50. The molecule has 42 heavy (non-hydrogen) atoms. The summed E-state index contributed by atoms with van der Waals surface area (Å²) in [5, 5.41) is 12.6. The minimum absolute atomic E-state index is 0.00889. The topological polar surface area (TPSA) is 100.0 Å². The number of anilines is 1. The average Bonchev–Trinajstić information content (AvgIpc) is 3.40. The zero-order valence-corrected chi connectivity index (χ0v) is 23.8. The zero-order chi connectivity index (χ0) is 30.3. The van der Waals surface area contributed by atoms with E-state index in [4.69, 9.17) is 34.8 Å². The summed E-state index contributed by atoms with van der Waals surface area (Å²) in [6.45, 7) is 0.0694. The molecule has 0 radical (unpaired) electrons. The van der Waals surface area contributed by atoms with Crippen molar-refractivity contribution in [3.8, 4) is 6.07 Å². The Kier molecular flexibility index (Phi) is 9.96. The zero-order valence-electron chi connectivity index (χ0n) is 22.2. The third-order valence-electron chi connectivity index (χ3n) is 6.49. The number of rotatable bonds is 10. The first-order valence-electron chi connectivity index (χ1n) is 12.8. The van der Waals surface area contributed by atoms with Gasteiger partial charge in [0.15, 0.2) is 10.9 Å². The Bertz CT molecular complexity index is 1580. The standard InChI is InChI=1S/C30H26ClF3N6OS/c31-23-9-11-24(12-10-23)38-29(42)39(17-22-3-1-2-4-26(22)30(32,33)34)18-27(36)28(41)13-25-15-37-19-40(25)16-21-7-5-20(14-35)6-8-21/h1-12,15,19,27H,13,16-18,36H2,(H,38,42). The number of aromatic nitrogens is 2. The first kappa shape index (κ1) is 30.7. The van der Waals surface area contributed by atoms with Gasteiger partial charge in [0, 0.05) is 48.7 Å². The van der Waals surface area contributed by atoms with Crippen LogP contribution < -0.4 is 11.1 Å². The number of nitrogens with zero attached hydrogens (tertiary/aromatic N) is 4. The maximum absolute atomic E-state index is 13.7. The summed E-state index contributed by atoms with van der Waals surface area (Å²) < 4.78 is 43.0. The number of alkyl halides is 3. The lowest BCUT2D eigenvalue weighted by Crippen LogP contribution is -2.47. The van der Waals surface area contributed by atoms with Gasteiger partial charge in [-0.05, 0) is 65.8 Å². The Morgan fingerprint density at radius 1 is 1.12 bits per heavy atom. The largest absolute Gasteiger partial charge is 0.416 e. The van der Waals surface area contributed by atoms with Gasteiger partial charge in [-0.3, -0.25) is 4.79 Å². The molecule has 0 spiro atoms. The number of hydrogen-bond donors (Lipinski definition) is 2. The van der Waals surface area contributed by atoms with Crippen LogP contribution in [0.2, 0.25) is 5.02 Å². The highest BCUT2D eigenvalue weighted by molar-refractivity contribution is 7.80. The van der Waals surface area contributed by atoms with E-state index in [9.17, 15) is 18.0 Å². The Hall–Kier alpha value is -4.24. The van der Waals surface area contributed by atoms with Crippen LogP contribution in [0.15, 0.2) is 85.3 Å². The second kappa shape index (κ2) is 13.6. The number of nitrogens with two attached hydrogens (primary N) is 1. The van der Waals surface area contributed by atoms with Crippen LogP contribution in [0.4, 0.5) is 18.9 Å². The molecule has 1 unspecified atom stereocenters. The molecule has 4 rings (SSSR count). The van der Waals surface area contributed by atoms with Gasteiger partial charge in [-0.15, -0.1) is 0 Å². The van der Waals surface area contributed by atoms with Crippen LogP contribution in [0.3, 0.4) is 0 Å². The number of Topliss-reactive ketones (excluding diaryl/α,β-unsaturated/α-hetero) is 1. The molecule has 0 aliphatic carbocycles. The lowest BCUT2D eigenvalue weighted by Gasteiger charge is -2.29. The number of thiocarbonyl (C=S) groups is 1. The summed E-state index contributed by atoms with van der Waals surface area (Å²) in [7, 11) is 0. The van der Waals surface area contributed by atoms with E-state index in [1.165, 1.54) is 23.1 Å². The second-order valence-corrected chi connectivity index (χ2v) is 10.4. The molecule has 3 N–H and O–H groups in total. The fourth-order valence-electron chi connectivity index (χ4n) is 4.26. The molecule has 7 nitrogen and oxygen atoms in total. The normalized spacial score (nSPS) is 11.9. The number of nitriles is 1. The molecule has 216 valence electrons. The predicted octanol–water partition coefficient (Wildman–Crippen LogP) is 5.81. The van der Waals surface area contributed by atoms with Crippen LogP contribution in [0.5, 0.6) is 0 Å². The third-order valence-corrected chi connectivity index (χ3v) is 7.10. The number of imidazole rings is 1. The molecule has 0 aliphatic rings. The van der Waals surface area contributed by atoms with Crippen LogP contribution in [0, 0.1) is 11.3 Å². The van der Waals surface area contributed by atoms with Gasteiger partial charge in [0.25, 0.3) is 0 Å². The summed E-state index contributed by atoms with van der Waals surface area (Å²) in [6, 6.07) is 19.9. The summed E-state index contributed by atoms with van der Waals surface area (Å²) in [5.41, 5.74) is 8.16. The van der Waals surface area contributed by atoms with Crippen molar-refractivity contribution < 1.29 is 18.0 Å². The smallest absolute Gasteiger partial charge is 0.343 e. The highest BCUT2D eigenvalue weighted by Gasteiger charge is 2.34. The van der Waals surface area contributed by atoms with Gasteiger partial charge in [0.1, 0.15) is 0 Å². The van der Waals surface area contributed by atoms with Crippen molar-refractivity contribution in [3.63, 3.8) is 0 Å². The number of carbonyl (C=O) groups is 1. The number of benzene rings is 3. The summed E-state index contributed by atoms with van der Waals surface area (Å²) in [4.78, 5) is 18.8. The van der Waals surface area contributed by atoms with E-state index >= 15 is 0 Å². The lowest BCUT2D eigenvalue weighted by atomic mass is 10.0. The Labute approximate surface area is 251 Å². The first-order chi connectivity index (χ1) is 20.0. The van der Waals surface area contributed by atoms with Crippen molar-refractivity contribution in [1.29, 1.82) is 5.26 Å². The summed E-state index contributed by atoms with van der Waals surface area (Å²) in [5.74, 6) is -0.333. The molecule has 1 atom stereocenters. The molecule has 0 bridgehead atoms. The van der Waals surface area contributed by atoms with Crippen molar-refractivity contribution in [1.82, 2.24) is 14.5 Å². The van der Waals surface area contributed by atoms with E-state index in [-0.39, 0.29) is 36.0 Å². The van der Waals surface area contributed by atoms with Gasteiger partial charge < -0.3 is 20.5 Å². The van der Waals surface area contributed by atoms with Gasteiger partial charge in [-0.2, -0.15) is 18.4 Å². The van der Waals surface area contributed by atoms with Crippen LogP contribution >= 0.6 is 23.8 Å². The van der Waals surface area contributed by atoms with E-state index in [1.807, 2.05) is 12.1 Å². The van der Waals surface area contributed by atoms with Gasteiger partial charge in [-0.1, -0.05) is 41.9 Å². The van der Waals surface area contributed by atoms with E-state index in [1.54, 1.807) is 53.5 Å². The average molecular weight is 611 g/mol. The minimum atomic E-state index is -4.57. The van der Waals surface area contributed by atoms with Crippen LogP contribution in [0.1, 0.15) is 27.9 Å². The monoisotopic (exact) mass is 610 g/mol. The fourth-order valence-corrected chi connectivity index (χ4v) is 4.65. The fraction of sp³-hybridized carbons (Fsp3) is 0.200. The van der Waals surface area contributed by atoms with Gasteiger partial charge >= 0.3 is 6.18 Å². The molecular weight excluding hydrogens is 585 g/mol. The molecular formula is C30H26ClF3N6OS. The van der Waals surface area contributed by atoms with Gasteiger partial charge in [0.05, 0.1) is 29.6 Å². The molecule has 1 aromatic heterocycles. The molecule has 4 aromatic rings. The van der Waals surface area contributed by atoms with Crippen LogP contribution in [-0.2, 0) is 30.5 Å². The molecule has 1 heterocycles. The second-order valence-electron chi connectivity index (χ2n) is 9.54. The van der Waals surface area contributed by atoms with Crippen LogP contribution in [0.25, 0.3) is 0 Å². The van der Waals surface area contributed by atoms with Gasteiger partial charge in [-0.25, -0.2) is 4.98 Å². The number of halogens is 4. The molecule has 0 fully saturated rings. The number of ketones is 1. The summed E-state index contributed by atoms with van der Waals surface area (Å²) >= 11 is 11.5. The van der Waals surface area contributed by atoms with Crippen molar-refractivity contribution in [2.45, 2.75) is 31.7 Å². The molecule has 0 aliphatic heterocycles. The van der Waals surface area contributed by atoms with E-state index in [0.717, 1.165) is 11.6 Å². The first-order valence-corrected chi connectivity index (χ1v) is 13.5. The van der Waals surface area contributed by atoms with Crippen LogP contribution in [-0.4, -0.2) is 37.9 Å². The highest BCUT2D eigenvalue weighted by Crippen LogP contribution is 2.32. The SMILES string of the molecule is N#Cc1ccc(Cn2cncc2CC(=O)C(N)CN(Cc2ccccc2C(F)(F)F)C(=S)Nc2ccc(Cl)cc2)cc1. The van der Waals surface area contributed by atoms with Crippen molar-refractivity contribution >= 4 is 40.4 Å². The summed E-state index contributed by atoms with van der Waals surface area (Å²) in [6.07, 6.45) is -1.45. The number of carbonyl (C=O) groups excluding carboxylic acids is 1. The number of hydrogen-bond acceptors (Lipinski definition) is 5. The Morgan fingerprint density at radius 3 is 2.48 bits per heavy atom. The minimum Gasteiger partial charge on any atom is -0.343 e. The van der Waals surface area contributed by atoms with E-state index < -0.39 is 17.8 Å². The molecule has 0 saturated heterocycles.